The van der Waals surface area contributed by atoms with Crippen LogP contribution in [0.25, 0.3) is 11.3 Å². The van der Waals surface area contributed by atoms with E-state index in [-0.39, 0.29) is 0 Å². The van der Waals surface area contributed by atoms with Crippen molar-refractivity contribution in [3.63, 3.8) is 0 Å². The minimum absolute atomic E-state index is 0.414. The van der Waals surface area contributed by atoms with E-state index in [1.165, 1.54) is 30.5 Å². The summed E-state index contributed by atoms with van der Waals surface area (Å²) in [6.45, 7) is 6.00. The van der Waals surface area contributed by atoms with Crippen molar-refractivity contribution in [3.05, 3.63) is 65.2 Å². The third-order valence-corrected chi connectivity index (χ3v) is 8.03. The molecule has 1 aromatic heterocycles. The second-order valence-corrected chi connectivity index (χ2v) is 10.9. The number of nitrogens with zero attached hydrogens (tertiary/aromatic N) is 3. The van der Waals surface area contributed by atoms with Crippen LogP contribution in [0.4, 0.5) is 5.82 Å². The molecule has 2 heterocycles. The Bertz CT molecular complexity index is 1200. The second kappa shape index (κ2) is 10.9. The fourth-order valence-corrected chi connectivity index (χ4v) is 5.74. The molecular formula is C28H34N4O2S. The van der Waals surface area contributed by atoms with Crippen molar-refractivity contribution in [1.29, 1.82) is 0 Å². The Morgan fingerprint density at radius 2 is 1.91 bits per heavy atom. The lowest BCUT2D eigenvalue weighted by atomic mass is 10.0. The molecule has 1 aliphatic carbocycles. The molecule has 0 bridgehead atoms. The summed E-state index contributed by atoms with van der Waals surface area (Å²) in [4.78, 5) is 3.25. The van der Waals surface area contributed by atoms with E-state index >= 15 is 0 Å². The molecule has 0 saturated carbocycles. The molecule has 5 rings (SSSR count). The second-order valence-electron chi connectivity index (χ2n) is 9.47. The van der Waals surface area contributed by atoms with E-state index < -0.39 is 10.8 Å². The summed E-state index contributed by atoms with van der Waals surface area (Å²) in [5.74, 6) is 1.65. The number of hydrogen-bond donors (Lipinski definition) is 1. The molecule has 1 fully saturated rings. The van der Waals surface area contributed by atoms with Crippen LogP contribution < -0.4 is 10.1 Å². The first-order valence-electron chi connectivity index (χ1n) is 12.6. The molecule has 0 amide bonds. The number of fused-ring (bicyclic) bond motifs is 1. The SMILES string of the molecule is CCN1CCCC(Nc2nnc(-c3ccc(S(C)=O)cc3OCc3ccccc3)c3c2CCC3)C1. The van der Waals surface area contributed by atoms with Crippen molar-refractivity contribution in [3.8, 4) is 17.0 Å². The molecule has 2 unspecified atom stereocenters. The summed E-state index contributed by atoms with van der Waals surface area (Å²) in [5, 5.41) is 13.1. The lowest BCUT2D eigenvalue weighted by Gasteiger charge is -2.32. The van der Waals surface area contributed by atoms with E-state index in [1.807, 2.05) is 48.5 Å². The number of rotatable bonds is 8. The number of aromatic nitrogens is 2. The summed E-state index contributed by atoms with van der Waals surface area (Å²) in [5.41, 5.74) is 5.45. The molecule has 6 nitrogen and oxygen atoms in total. The first-order chi connectivity index (χ1) is 17.1. The predicted octanol–water partition coefficient (Wildman–Crippen LogP) is 4.84. The van der Waals surface area contributed by atoms with Gasteiger partial charge in [-0.15, -0.1) is 10.2 Å². The van der Waals surface area contributed by atoms with Gasteiger partial charge >= 0.3 is 0 Å². The van der Waals surface area contributed by atoms with Crippen LogP contribution in [0.1, 0.15) is 42.9 Å². The van der Waals surface area contributed by atoms with Gasteiger partial charge in [-0.2, -0.15) is 0 Å². The zero-order valence-electron chi connectivity index (χ0n) is 20.6. The van der Waals surface area contributed by atoms with Crippen molar-refractivity contribution in [2.75, 3.05) is 31.2 Å². The van der Waals surface area contributed by atoms with Crippen molar-refractivity contribution < 1.29 is 8.95 Å². The highest BCUT2D eigenvalue weighted by molar-refractivity contribution is 7.84. The average Bonchev–Trinajstić information content (AvgIpc) is 3.39. The van der Waals surface area contributed by atoms with Gasteiger partial charge in [0.25, 0.3) is 0 Å². The van der Waals surface area contributed by atoms with Crippen LogP contribution in [-0.4, -0.2) is 51.2 Å². The highest BCUT2D eigenvalue weighted by Gasteiger charge is 2.26. The molecule has 0 radical (unpaired) electrons. The van der Waals surface area contributed by atoms with Gasteiger partial charge in [-0.05, 0) is 74.5 Å². The Labute approximate surface area is 210 Å². The summed E-state index contributed by atoms with van der Waals surface area (Å²) >= 11 is 0. The molecular weight excluding hydrogens is 456 g/mol. The number of anilines is 1. The van der Waals surface area contributed by atoms with E-state index in [2.05, 4.69) is 17.1 Å². The first kappa shape index (κ1) is 23.9. The van der Waals surface area contributed by atoms with Gasteiger partial charge in [-0.1, -0.05) is 37.3 Å². The van der Waals surface area contributed by atoms with Gasteiger partial charge < -0.3 is 15.0 Å². The maximum absolute atomic E-state index is 12.2. The quantitative estimate of drug-likeness (QED) is 0.487. The number of nitrogens with one attached hydrogen (secondary N) is 1. The van der Waals surface area contributed by atoms with Crippen LogP contribution in [-0.2, 0) is 30.2 Å². The van der Waals surface area contributed by atoms with Gasteiger partial charge in [0.1, 0.15) is 18.1 Å². The van der Waals surface area contributed by atoms with Gasteiger partial charge in [0.2, 0.25) is 0 Å². The predicted molar refractivity (Wildman–Crippen MR) is 141 cm³/mol. The topological polar surface area (TPSA) is 67.3 Å². The monoisotopic (exact) mass is 490 g/mol. The molecule has 2 aromatic carbocycles. The fourth-order valence-electron chi connectivity index (χ4n) is 5.21. The standard InChI is InChI=1S/C28H34N4O2S/c1-3-32-16-8-11-21(18-32)29-28-24-13-7-12-23(24)27(30-31-28)25-15-14-22(35(2)33)17-26(25)34-19-20-9-5-4-6-10-20/h4-6,9-10,14-15,17,21H,3,7-8,11-13,16,18-19H2,1-2H3,(H,29,31). The number of likely N-dealkylation sites (N-methyl/N-ethyl adjacent to an activating group) is 1. The molecule has 7 heteroatoms. The Balaban J connectivity index is 1.46. The molecule has 3 aromatic rings. The average molecular weight is 491 g/mol. The Morgan fingerprint density at radius 1 is 1.09 bits per heavy atom. The van der Waals surface area contributed by atoms with Gasteiger partial charge in [0.05, 0.1) is 0 Å². The molecule has 1 aliphatic heterocycles. The highest BCUT2D eigenvalue weighted by Crippen LogP contribution is 2.39. The third-order valence-electron chi connectivity index (χ3n) is 7.11. The van der Waals surface area contributed by atoms with Gasteiger partial charge in [-0.25, -0.2) is 0 Å². The highest BCUT2D eigenvalue weighted by atomic mass is 32.2. The van der Waals surface area contributed by atoms with E-state index in [0.717, 1.165) is 59.9 Å². The third kappa shape index (κ3) is 5.41. The van der Waals surface area contributed by atoms with E-state index in [9.17, 15) is 4.21 Å². The molecule has 1 saturated heterocycles. The number of hydrogen-bond acceptors (Lipinski definition) is 6. The summed E-state index contributed by atoms with van der Waals surface area (Å²) in [6.07, 6.45) is 7.18. The lowest BCUT2D eigenvalue weighted by molar-refractivity contribution is 0.226. The number of piperidine rings is 1. The largest absolute Gasteiger partial charge is 0.488 e. The Morgan fingerprint density at radius 3 is 2.71 bits per heavy atom. The maximum Gasteiger partial charge on any atom is 0.152 e. The lowest BCUT2D eigenvalue weighted by Crippen LogP contribution is -2.42. The van der Waals surface area contributed by atoms with Gasteiger partial charge in [0, 0.05) is 45.7 Å². The van der Waals surface area contributed by atoms with Crippen molar-refractivity contribution in [2.24, 2.45) is 0 Å². The first-order valence-corrected chi connectivity index (χ1v) is 14.2. The van der Waals surface area contributed by atoms with Crippen molar-refractivity contribution in [2.45, 2.75) is 56.6 Å². The normalized spacial score (nSPS) is 18.7. The summed E-state index contributed by atoms with van der Waals surface area (Å²) in [7, 11) is -1.09. The molecule has 2 aliphatic rings. The van der Waals surface area contributed by atoms with Gasteiger partial charge in [-0.3, -0.25) is 4.21 Å². The molecule has 0 spiro atoms. The minimum atomic E-state index is -1.09. The van der Waals surface area contributed by atoms with Crippen LogP contribution >= 0.6 is 0 Å². The van der Waals surface area contributed by atoms with Crippen molar-refractivity contribution >= 4 is 16.6 Å². The number of ether oxygens (including phenoxy) is 1. The smallest absolute Gasteiger partial charge is 0.152 e. The summed E-state index contributed by atoms with van der Waals surface area (Å²) in [6, 6.07) is 16.3. The fraction of sp³-hybridized carbons (Fsp3) is 0.429. The van der Waals surface area contributed by atoms with E-state index in [4.69, 9.17) is 14.9 Å². The van der Waals surface area contributed by atoms with Crippen LogP contribution in [0.15, 0.2) is 53.4 Å². The molecule has 184 valence electrons. The van der Waals surface area contributed by atoms with Crippen LogP contribution in [0.5, 0.6) is 5.75 Å². The zero-order valence-corrected chi connectivity index (χ0v) is 21.4. The molecule has 35 heavy (non-hydrogen) atoms. The maximum atomic E-state index is 12.2. The number of benzene rings is 2. The minimum Gasteiger partial charge on any atom is -0.488 e. The van der Waals surface area contributed by atoms with Crippen molar-refractivity contribution in [1.82, 2.24) is 15.1 Å². The molecule has 2 atom stereocenters. The van der Waals surface area contributed by atoms with Crippen LogP contribution in [0.2, 0.25) is 0 Å². The van der Waals surface area contributed by atoms with E-state index in [1.54, 1.807) is 6.26 Å². The van der Waals surface area contributed by atoms with Crippen LogP contribution in [0.3, 0.4) is 0 Å². The summed E-state index contributed by atoms with van der Waals surface area (Å²) < 4.78 is 18.5. The van der Waals surface area contributed by atoms with Gasteiger partial charge in [0.15, 0.2) is 5.82 Å². The zero-order chi connectivity index (χ0) is 24.2. The Kier molecular flexibility index (Phi) is 7.44. The van der Waals surface area contributed by atoms with E-state index in [0.29, 0.717) is 18.4 Å². The number of likely N-dealkylation sites (tertiary alicyclic amines) is 1. The Hall–Kier alpha value is -2.77. The molecule has 1 N–H and O–H groups in total. The van der Waals surface area contributed by atoms with Crippen LogP contribution in [0, 0.1) is 0 Å².